The van der Waals surface area contributed by atoms with Crippen LogP contribution in [0.25, 0.3) is 21.3 Å². The van der Waals surface area contributed by atoms with Gasteiger partial charge < -0.3 is 5.32 Å². The molecule has 144 valence electrons. The van der Waals surface area contributed by atoms with E-state index >= 15 is 0 Å². The molecule has 1 aliphatic carbocycles. The molecular formula is C23H19N3O2S. The van der Waals surface area contributed by atoms with Crippen LogP contribution < -0.4 is 10.9 Å². The van der Waals surface area contributed by atoms with Gasteiger partial charge in [-0.05, 0) is 36.5 Å². The molecule has 0 spiro atoms. The molecule has 2 aromatic carbocycles. The molecule has 0 atom stereocenters. The minimum absolute atomic E-state index is 0.0600. The Morgan fingerprint density at radius 2 is 1.86 bits per heavy atom. The summed E-state index contributed by atoms with van der Waals surface area (Å²) in [6.07, 6.45) is 4.51. The number of anilines is 1. The summed E-state index contributed by atoms with van der Waals surface area (Å²) >= 11 is 1.61. The Balaban J connectivity index is 1.43. The Hall–Kier alpha value is -3.25. The number of fused-ring (bicyclic) bond motifs is 3. The molecule has 6 heteroatoms. The van der Waals surface area contributed by atoms with Gasteiger partial charge in [0.15, 0.2) is 0 Å². The van der Waals surface area contributed by atoms with Gasteiger partial charge in [0.25, 0.3) is 5.56 Å². The lowest BCUT2D eigenvalue weighted by molar-refractivity contribution is -0.116. The number of hydrogen-bond acceptors (Lipinski definition) is 4. The number of amides is 1. The molecule has 0 bridgehead atoms. The van der Waals surface area contributed by atoms with E-state index in [0.29, 0.717) is 5.39 Å². The second-order valence-corrected chi connectivity index (χ2v) is 8.26. The van der Waals surface area contributed by atoms with Crippen LogP contribution in [0.2, 0.25) is 0 Å². The molecule has 5 nitrogen and oxygen atoms in total. The molecule has 0 fully saturated rings. The van der Waals surface area contributed by atoms with Crippen molar-refractivity contribution in [3.63, 3.8) is 0 Å². The van der Waals surface area contributed by atoms with E-state index in [1.165, 1.54) is 15.8 Å². The summed E-state index contributed by atoms with van der Waals surface area (Å²) in [4.78, 5) is 32.2. The zero-order valence-electron chi connectivity index (χ0n) is 15.7. The predicted octanol–water partition coefficient (Wildman–Crippen LogP) is 4.25. The zero-order valence-corrected chi connectivity index (χ0v) is 16.5. The minimum atomic E-state index is -0.247. The summed E-state index contributed by atoms with van der Waals surface area (Å²) in [5.41, 5.74) is 3.70. The van der Waals surface area contributed by atoms with Crippen molar-refractivity contribution in [3.8, 4) is 11.1 Å². The van der Waals surface area contributed by atoms with Gasteiger partial charge in [0.05, 0.1) is 11.7 Å². The maximum absolute atomic E-state index is 13.0. The number of aryl methyl sites for hydroxylation is 2. The molecule has 0 saturated carbocycles. The van der Waals surface area contributed by atoms with Crippen LogP contribution in [0.4, 0.5) is 5.69 Å². The summed E-state index contributed by atoms with van der Waals surface area (Å²) in [5.74, 6) is -0.247. The van der Waals surface area contributed by atoms with Crippen molar-refractivity contribution < 1.29 is 4.79 Å². The number of benzene rings is 2. The first-order chi connectivity index (χ1) is 14.2. The predicted molar refractivity (Wildman–Crippen MR) is 116 cm³/mol. The maximum atomic E-state index is 13.0. The van der Waals surface area contributed by atoms with Crippen LogP contribution in [0, 0.1) is 0 Å². The third kappa shape index (κ3) is 3.25. The number of hydrogen-bond donors (Lipinski definition) is 1. The average Bonchev–Trinajstić information content (AvgIpc) is 3.32. The van der Waals surface area contributed by atoms with Crippen molar-refractivity contribution in [1.82, 2.24) is 9.55 Å². The fourth-order valence-corrected chi connectivity index (χ4v) is 5.16. The molecule has 1 aliphatic rings. The van der Waals surface area contributed by atoms with E-state index in [1.54, 1.807) is 11.3 Å². The Morgan fingerprint density at radius 1 is 1.07 bits per heavy atom. The van der Waals surface area contributed by atoms with E-state index in [1.807, 2.05) is 54.6 Å². The number of rotatable bonds is 4. The van der Waals surface area contributed by atoms with Gasteiger partial charge in [0, 0.05) is 16.1 Å². The van der Waals surface area contributed by atoms with Crippen molar-refractivity contribution in [2.45, 2.75) is 25.8 Å². The molecule has 1 amide bonds. The number of para-hydroxylation sites is 1. The standard InChI is InChI=1S/C23H19N3O2S/c27-20(25-18-11-5-4-9-16(18)15-7-2-1-3-8-15)13-26-14-24-22-21(23(26)28)17-10-6-12-19(17)29-22/h1-5,7-9,11,14H,6,10,12-13H2,(H,25,27). The molecule has 2 heterocycles. The van der Waals surface area contributed by atoms with E-state index in [0.717, 1.165) is 46.5 Å². The second-order valence-electron chi connectivity index (χ2n) is 7.17. The number of carbonyl (C=O) groups excluding carboxylic acids is 1. The fourth-order valence-electron chi connectivity index (χ4n) is 3.94. The molecule has 0 aliphatic heterocycles. The number of nitrogens with one attached hydrogen (secondary N) is 1. The van der Waals surface area contributed by atoms with Crippen molar-refractivity contribution in [3.05, 3.63) is 81.7 Å². The Kier molecular flexibility index (Phi) is 4.48. The number of nitrogens with zero attached hydrogens (tertiary/aromatic N) is 2. The fraction of sp³-hybridized carbons (Fsp3) is 0.174. The zero-order chi connectivity index (χ0) is 19.8. The SMILES string of the molecule is O=C(Cn1cnc2sc3c(c2c1=O)CCC3)Nc1ccccc1-c1ccccc1. The van der Waals surface area contributed by atoms with E-state index in [-0.39, 0.29) is 18.0 Å². The van der Waals surface area contributed by atoms with Crippen LogP contribution in [0.1, 0.15) is 16.9 Å². The summed E-state index contributed by atoms with van der Waals surface area (Å²) in [6, 6.07) is 17.6. The summed E-state index contributed by atoms with van der Waals surface area (Å²) in [5, 5.41) is 3.65. The highest BCUT2D eigenvalue weighted by Crippen LogP contribution is 2.34. The van der Waals surface area contributed by atoms with Gasteiger partial charge in [-0.2, -0.15) is 0 Å². The van der Waals surface area contributed by atoms with Crippen molar-refractivity contribution in [2.24, 2.45) is 0 Å². The highest BCUT2D eigenvalue weighted by molar-refractivity contribution is 7.18. The van der Waals surface area contributed by atoms with Crippen molar-refractivity contribution >= 4 is 33.1 Å². The van der Waals surface area contributed by atoms with E-state index in [2.05, 4.69) is 10.3 Å². The first-order valence-corrected chi connectivity index (χ1v) is 10.5. The normalized spacial score (nSPS) is 12.8. The molecule has 0 radical (unpaired) electrons. The molecule has 0 unspecified atom stereocenters. The third-order valence-corrected chi connectivity index (χ3v) is 6.49. The highest BCUT2D eigenvalue weighted by Gasteiger charge is 2.21. The molecule has 0 saturated heterocycles. The number of carbonyl (C=O) groups is 1. The van der Waals surface area contributed by atoms with Gasteiger partial charge in [-0.3, -0.25) is 14.2 Å². The van der Waals surface area contributed by atoms with Crippen LogP contribution in [0.3, 0.4) is 0 Å². The molecule has 4 aromatic rings. The number of aromatic nitrogens is 2. The lowest BCUT2D eigenvalue weighted by Crippen LogP contribution is -2.28. The third-order valence-electron chi connectivity index (χ3n) is 5.29. The Labute approximate surface area is 171 Å². The first kappa shape index (κ1) is 17.8. The van der Waals surface area contributed by atoms with E-state index in [4.69, 9.17) is 0 Å². The van der Waals surface area contributed by atoms with Crippen molar-refractivity contribution in [2.75, 3.05) is 5.32 Å². The van der Waals surface area contributed by atoms with E-state index in [9.17, 15) is 9.59 Å². The first-order valence-electron chi connectivity index (χ1n) is 9.65. The van der Waals surface area contributed by atoms with Crippen LogP contribution in [-0.4, -0.2) is 15.5 Å². The van der Waals surface area contributed by atoms with Gasteiger partial charge >= 0.3 is 0 Å². The van der Waals surface area contributed by atoms with Crippen molar-refractivity contribution in [1.29, 1.82) is 0 Å². The molecule has 1 N–H and O–H groups in total. The van der Waals surface area contributed by atoms with Crippen LogP contribution >= 0.6 is 11.3 Å². The smallest absolute Gasteiger partial charge is 0.262 e. The van der Waals surface area contributed by atoms with Gasteiger partial charge in [-0.1, -0.05) is 48.5 Å². The summed E-state index contributed by atoms with van der Waals surface area (Å²) in [6.45, 7) is -0.0600. The topological polar surface area (TPSA) is 64.0 Å². The minimum Gasteiger partial charge on any atom is -0.324 e. The molecular weight excluding hydrogens is 382 g/mol. The van der Waals surface area contributed by atoms with E-state index < -0.39 is 0 Å². The van der Waals surface area contributed by atoms with Crippen LogP contribution in [0.15, 0.2) is 65.7 Å². The molecule has 5 rings (SSSR count). The lowest BCUT2D eigenvalue weighted by Gasteiger charge is -2.12. The molecule has 29 heavy (non-hydrogen) atoms. The Morgan fingerprint density at radius 3 is 2.72 bits per heavy atom. The van der Waals surface area contributed by atoms with Gasteiger partial charge in [0.2, 0.25) is 5.91 Å². The lowest BCUT2D eigenvalue weighted by atomic mass is 10.0. The maximum Gasteiger partial charge on any atom is 0.262 e. The highest BCUT2D eigenvalue weighted by atomic mass is 32.1. The molecule has 2 aromatic heterocycles. The largest absolute Gasteiger partial charge is 0.324 e. The average molecular weight is 401 g/mol. The second kappa shape index (κ2) is 7.29. The van der Waals surface area contributed by atoms with Gasteiger partial charge in [-0.25, -0.2) is 4.98 Å². The van der Waals surface area contributed by atoms with Gasteiger partial charge in [-0.15, -0.1) is 11.3 Å². The number of thiophene rings is 1. The Bertz CT molecular complexity index is 1270. The summed E-state index contributed by atoms with van der Waals surface area (Å²) < 4.78 is 1.41. The van der Waals surface area contributed by atoms with Crippen LogP contribution in [0.5, 0.6) is 0 Å². The quantitative estimate of drug-likeness (QED) is 0.556. The van der Waals surface area contributed by atoms with Crippen LogP contribution in [-0.2, 0) is 24.2 Å². The monoisotopic (exact) mass is 401 g/mol. The van der Waals surface area contributed by atoms with Gasteiger partial charge in [0.1, 0.15) is 11.4 Å². The summed E-state index contributed by atoms with van der Waals surface area (Å²) in [7, 11) is 0.